The Balaban J connectivity index is 1.53. The maximum absolute atomic E-state index is 13.3. The summed E-state index contributed by atoms with van der Waals surface area (Å²) in [6, 6.07) is 0. The van der Waals surface area contributed by atoms with Crippen LogP contribution in [0, 0.1) is 5.92 Å². The fourth-order valence-corrected chi connectivity index (χ4v) is 6.28. The van der Waals surface area contributed by atoms with Crippen molar-refractivity contribution in [1.29, 1.82) is 0 Å². The highest BCUT2D eigenvalue weighted by molar-refractivity contribution is 5.73. The van der Waals surface area contributed by atoms with Gasteiger partial charge in [-0.1, -0.05) is 12.1 Å². The number of nitrogens with zero attached hydrogens (tertiary/aromatic N) is 4. The fourth-order valence-electron chi connectivity index (χ4n) is 6.28. The topological polar surface area (TPSA) is 313 Å². The summed E-state index contributed by atoms with van der Waals surface area (Å²) in [5.41, 5.74) is 5.67. The van der Waals surface area contributed by atoms with Crippen molar-refractivity contribution in [2.75, 3.05) is 59.4 Å². The molecule has 0 saturated carbocycles. The van der Waals surface area contributed by atoms with Gasteiger partial charge in [-0.3, -0.25) is 4.79 Å². The molecule has 15 atom stereocenters. The summed E-state index contributed by atoms with van der Waals surface area (Å²) in [4.78, 5) is 14.5. The molecule has 1 amide bonds. The molecular formula is C32H57N5O17. The normalized spacial score (nSPS) is 37.4. The van der Waals surface area contributed by atoms with Gasteiger partial charge in [-0.15, -0.1) is 5.10 Å². The second-order valence-corrected chi connectivity index (χ2v) is 13.4. The number of ether oxygens (including phenoxy) is 8. The van der Waals surface area contributed by atoms with Gasteiger partial charge in [0.25, 0.3) is 0 Å². The van der Waals surface area contributed by atoms with Crippen LogP contribution >= 0.6 is 0 Å². The van der Waals surface area contributed by atoms with Crippen molar-refractivity contribution in [2.24, 2.45) is 11.7 Å². The summed E-state index contributed by atoms with van der Waals surface area (Å²) in [6.45, 7) is 5.49. The van der Waals surface area contributed by atoms with Gasteiger partial charge in [-0.05, 0) is 6.92 Å². The lowest BCUT2D eigenvalue weighted by atomic mass is 9.91. The molecule has 22 nitrogen and oxygen atoms in total. The van der Waals surface area contributed by atoms with Gasteiger partial charge in [0.15, 0.2) is 18.8 Å². The van der Waals surface area contributed by atoms with E-state index >= 15 is 0 Å². The number of rotatable bonds is 20. The first-order valence-electron chi connectivity index (χ1n) is 18.0. The SMILES string of the molecule is CC(=O)N(Cc1cn(CCOCCOCCOCCN)nn1)C1OC(CO)[C@H](O)[C@H](OC2OC(CO)[C@H](O)[C@H](O)[C@@H]2C)[C@@H]1OC1OC(C)[C@@H](O)[C@H](O)[C@H]1O. The van der Waals surface area contributed by atoms with Crippen molar-refractivity contribution >= 4 is 5.91 Å². The van der Waals surface area contributed by atoms with E-state index in [0.29, 0.717) is 51.8 Å². The molecule has 3 fully saturated rings. The zero-order valence-corrected chi connectivity index (χ0v) is 30.6. The number of aromatic nitrogens is 3. The van der Waals surface area contributed by atoms with Crippen LogP contribution in [0.2, 0.25) is 0 Å². The largest absolute Gasteiger partial charge is 0.394 e. The molecule has 4 heterocycles. The van der Waals surface area contributed by atoms with Crippen molar-refractivity contribution in [2.45, 2.75) is 120 Å². The maximum Gasteiger partial charge on any atom is 0.221 e. The van der Waals surface area contributed by atoms with Gasteiger partial charge < -0.3 is 89.4 Å². The van der Waals surface area contributed by atoms with Crippen molar-refractivity contribution in [3.05, 3.63) is 11.9 Å². The van der Waals surface area contributed by atoms with Crippen LogP contribution in [0.4, 0.5) is 0 Å². The number of aliphatic hydroxyl groups is 8. The molecule has 312 valence electrons. The van der Waals surface area contributed by atoms with Crippen LogP contribution in [0.25, 0.3) is 0 Å². The average Bonchev–Trinajstić information content (AvgIpc) is 3.61. The van der Waals surface area contributed by atoms with E-state index in [1.165, 1.54) is 30.4 Å². The molecule has 0 bridgehead atoms. The molecule has 6 unspecified atom stereocenters. The fraction of sp³-hybridized carbons (Fsp3) is 0.906. The molecule has 22 heteroatoms. The third-order valence-electron chi connectivity index (χ3n) is 9.50. The second-order valence-electron chi connectivity index (χ2n) is 13.4. The van der Waals surface area contributed by atoms with Gasteiger partial charge in [0, 0.05) is 19.4 Å². The lowest BCUT2D eigenvalue weighted by molar-refractivity contribution is -0.373. The maximum atomic E-state index is 13.3. The van der Waals surface area contributed by atoms with Crippen LogP contribution in [-0.2, 0) is 55.8 Å². The number of carbonyl (C=O) groups is 1. The monoisotopic (exact) mass is 783 g/mol. The molecule has 3 aliphatic rings. The minimum Gasteiger partial charge on any atom is -0.394 e. The number of hydrogen-bond acceptors (Lipinski definition) is 20. The molecule has 0 radical (unpaired) electrons. The van der Waals surface area contributed by atoms with Gasteiger partial charge >= 0.3 is 0 Å². The Labute approximate surface area is 312 Å². The molecule has 3 aliphatic heterocycles. The van der Waals surface area contributed by atoms with Gasteiger partial charge in [-0.25, -0.2) is 4.68 Å². The molecule has 1 aromatic rings. The van der Waals surface area contributed by atoms with Crippen molar-refractivity contribution < 1.29 is 83.5 Å². The molecule has 0 aliphatic carbocycles. The van der Waals surface area contributed by atoms with Crippen molar-refractivity contribution in [3.8, 4) is 0 Å². The minimum absolute atomic E-state index is 0.235. The predicted octanol–water partition coefficient (Wildman–Crippen LogP) is -5.61. The Morgan fingerprint density at radius 3 is 2.02 bits per heavy atom. The first-order chi connectivity index (χ1) is 25.8. The van der Waals surface area contributed by atoms with Gasteiger partial charge in [0.05, 0.1) is 84.3 Å². The summed E-state index contributed by atoms with van der Waals surface area (Å²) in [5, 5.41) is 92.5. The van der Waals surface area contributed by atoms with Gasteiger partial charge in [0.1, 0.15) is 60.6 Å². The van der Waals surface area contributed by atoms with Crippen molar-refractivity contribution in [1.82, 2.24) is 19.9 Å². The molecular weight excluding hydrogens is 726 g/mol. The first-order valence-corrected chi connectivity index (χ1v) is 18.0. The zero-order chi connectivity index (χ0) is 39.5. The van der Waals surface area contributed by atoms with Crippen LogP contribution in [0.1, 0.15) is 26.5 Å². The molecule has 1 aromatic heterocycles. The Bertz CT molecular complexity index is 1250. The van der Waals surface area contributed by atoms with Crippen molar-refractivity contribution in [3.63, 3.8) is 0 Å². The third-order valence-corrected chi connectivity index (χ3v) is 9.50. The van der Waals surface area contributed by atoms with Gasteiger partial charge in [0.2, 0.25) is 5.91 Å². The third kappa shape index (κ3) is 11.3. The zero-order valence-electron chi connectivity index (χ0n) is 30.6. The summed E-state index contributed by atoms with van der Waals surface area (Å²) in [5.74, 6) is -1.52. The number of nitrogens with two attached hydrogens (primary N) is 1. The first kappa shape index (κ1) is 44.6. The molecule has 54 heavy (non-hydrogen) atoms. The highest BCUT2D eigenvalue weighted by Crippen LogP contribution is 2.36. The number of aliphatic hydroxyl groups excluding tert-OH is 8. The average molecular weight is 784 g/mol. The smallest absolute Gasteiger partial charge is 0.221 e. The van der Waals surface area contributed by atoms with E-state index in [2.05, 4.69) is 10.3 Å². The van der Waals surface area contributed by atoms with Crippen LogP contribution in [0.5, 0.6) is 0 Å². The van der Waals surface area contributed by atoms with E-state index < -0.39 is 111 Å². The van der Waals surface area contributed by atoms with Crippen LogP contribution in [-0.4, -0.2) is 212 Å². The van der Waals surface area contributed by atoms with E-state index in [-0.39, 0.29) is 13.2 Å². The van der Waals surface area contributed by atoms with E-state index in [1.807, 2.05) is 0 Å². The summed E-state index contributed by atoms with van der Waals surface area (Å²) in [6.07, 6.45) is -19.4. The van der Waals surface area contributed by atoms with E-state index in [0.717, 1.165) is 0 Å². The Kier molecular flexibility index (Phi) is 17.7. The summed E-state index contributed by atoms with van der Waals surface area (Å²) in [7, 11) is 0. The van der Waals surface area contributed by atoms with E-state index in [4.69, 9.17) is 43.6 Å². The lowest BCUT2D eigenvalue weighted by Crippen LogP contribution is -2.68. The molecule has 0 spiro atoms. The Hall–Kier alpha value is -2.07. The van der Waals surface area contributed by atoms with Crippen LogP contribution in [0.15, 0.2) is 6.20 Å². The predicted molar refractivity (Wildman–Crippen MR) is 179 cm³/mol. The highest BCUT2D eigenvalue weighted by atomic mass is 16.7. The van der Waals surface area contributed by atoms with Crippen LogP contribution in [0.3, 0.4) is 0 Å². The van der Waals surface area contributed by atoms with E-state index in [9.17, 15) is 45.6 Å². The summed E-state index contributed by atoms with van der Waals surface area (Å²) < 4.78 is 47.6. The minimum atomic E-state index is -1.82. The summed E-state index contributed by atoms with van der Waals surface area (Å²) >= 11 is 0. The number of amides is 1. The Morgan fingerprint density at radius 2 is 1.39 bits per heavy atom. The molecule has 3 saturated heterocycles. The molecule has 10 N–H and O–H groups in total. The molecule has 4 rings (SSSR count). The Morgan fingerprint density at radius 1 is 0.778 bits per heavy atom. The van der Waals surface area contributed by atoms with Crippen LogP contribution < -0.4 is 5.73 Å². The standard InChI is InChI=1S/C32H57N5O17/c1-16-22(41)24(43)20(14-38)52-31(16)53-28-25(44)21(15-39)51-30(29(28)54-32-27(46)26(45)23(42)17(2)50-32)37(18(3)40)13-19-12-36(35-34-19)5-7-48-9-11-49-10-8-47-6-4-33/h12,16-17,20-32,38-39,41-46H,4-11,13-15,33H2,1-3H3/t16-,17?,20?,21?,22+,23+,24-,25-,26-,27+,28-,29-,30?,31?,32?/m0/s1. The number of hydrogen-bond donors (Lipinski definition) is 9. The quantitative estimate of drug-likeness (QED) is 0.0557. The van der Waals surface area contributed by atoms with E-state index in [1.54, 1.807) is 6.20 Å². The van der Waals surface area contributed by atoms with Gasteiger partial charge in [-0.2, -0.15) is 0 Å². The second kappa shape index (κ2) is 21.5. The number of carbonyl (C=O) groups excluding carboxylic acids is 1. The highest BCUT2D eigenvalue weighted by Gasteiger charge is 2.55. The lowest BCUT2D eigenvalue weighted by Gasteiger charge is -2.51. The molecule has 0 aromatic carbocycles.